The summed E-state index contributed by atoms with van der Waals surface area (Å²) in [4.78, 5) is 22.0. The van der Waals surface area contributed by atoms with Crippen molar-refractivity contribution in [1.82, 2.24) is 19.9 Å². The summed E-state index contributed by atoms with van der Waals surface area (Å²) < 4.78 is 11.5. The molecule has 1 aliphatic heterocycles. The number of rotatable bonds is 6. The molecular weight excluding hydrogens is 404 g/mol. The molecule has 0 saturated carbocycles. The molecule has 1 aromatic carbocycles. The molecule has 1 fully saturated rings. The Morgan fingerprint density at radius 3 is 2.23 bits per heavy atom. The zero-order valence-corrected chi connectivity index (χ0v) is 18.2. The predicted octanol–water partition coefficient (Wildman–Crippen LogP) is 3.51. The van der Waals surface area contributed by atoms with E-state index < -0.39 is 0 Å². The van der Waals surface area contributed by atoms with Gasteiger partial charge in [-0.15, -0.1) is 0 Å². The van der Waals surface area contributed by atoms with Crippen LogP contribution >= 0.6 is 11.6 Å². The molecule has 158 valence electrons. The van der Waals surface area contributed by atoms with Crippen LogP contribution in [-0.2, 0) is 0 Å². The van der Waals surface area contributed by atoms with E-state index >= 15 is 0 Å². The summed E-state index contributed by atoms with van der Waals surface area (Å²) in [5.74, 6) is 3.19. The Hall–Kier alpha value is -2.87. The molecule has 1 saturated heterocycles. The predicted molar refractivity (Wildman–Crippen MR) is 118 cm³/mol. The number of aromatic nitrogens is 4. The number of halogens is 1. The summed E-state index contributed by atoms with van der Waals surface area (Å²) in [5.41, 5.74) is 1.70. The number of anilines is 2. The van der Waals surface area contributed by atoms with Crippen molar-refractivity contribution in [1.29, 1.82) is 0 Å². The molecule has 2 aromatic heterocycles. The van der Waals surface area contributed by atoms with E-state index in [4.69, 9.17) is 21.1 Å². The molecule has 3 aromatic rings. The lowest BCUT2D eigenvalue weighted by molar-refractivity contribution is 0.288. The Balaban J connectivity index is 1.60. The van der Waals surface area contributed by atoms with Gasteiger partial charge in [-0.2, -0.15) is 0 Å². The quantitative estimate of drug-likeness (QED) is 0.552. The minimum Gasteiger partial charge on any atom is -0.490 e. The minimum atomic E-state index is 0.280. The highest BCUT2D eigenvalue weighted by atomic mass is 35.5. The van der Waals surface area contributed by atoms with Gasteiger partial charge in [-0.3, -0.25) is 0 Å². The zero-order valence-electron chi connectivity index (χ0n) is 17.4. The molecule has 1 aliphatic rings. The molecular formula is C21H25ClN6O2. The highest BCUT2D eigenvalue weighted by molar-refractivity contribution is 6.28. The number of nitrogens with zero attached hydrogens (tertiary/aromatic N) is 6. The van der Waals surface area contributed by atoms with Gasteiger partial charge >= 0.3 is 0 Å². The molecule has 0 aliphatic carbocycles. The van der Waals surface area contributed by atoms with Crippen molar-refractivity contribution >= 4 is 34.1 Å². The summed E-state index contributed by atoms with van der Waals surface area (Å²) >= 11 is 6.04. The van der Waals surface area contributed by atoms with Gasteiger partial charge in [0, 0.05) is 49.4 Å². The maximum atomic E-state index is 6.04. The van der Waals surface area contributed by atoms with Gasteiger partial charge in [0.2, 0.25) is 5.28 Å². The topological polar surface area (TPSA) is 76.5 Å². The maximum absolute atomic E-state index is 6.04. The Kier molecular flexibility index (Phi) is 6.03. The van der Waals surface area contributed by atoms with Crippen molar-refractivity contribution in [3.8, 4) is 11.5 Å². The second-order valence-electron chi connectivity index (χ2n) is 6.99. The van der Waals surface area contributed by atoms with Crippen molar-refractivity contribution in [2.24, 2.45) is 0 Å². The molecule has 0 N–H and O–H groups in total. The van der Waals surface area contributed by atoms with Crippen LogP contribution in [-0.4, -0.2) is 59.3 Å². The summed E-state index contributed by atoms with van der Waals surface area (Å²) in [7, 11) is 0. The van der Waals surface area contributed by atoms with Crippen LogP contribution in [0.2, 0.25) is 5.28 Å². The molecule has 8 nitrogen and oxygen atoms in total. The van der Waals surface area contributed by atoms with Crippen molar-refractivity contribution in [2.75, 3.05) is 49.2 Å². The van der Waals surface area contributed by atoms with Crippen LogP contribution in [0, 0.1) is 6.92 Å². The normalized spacial score (nSPS) is 14.3. The third-order valence-corrected chi connectivity index (χ3v) is 5.17. The Bertz CT molecular complexity index is 1020. The van der Waals surface area contributed by atoms with E-state index in [1.807, 2.05) is 39.0 Å². The Labute approximate surface area is 180 Å². The first-order chi connectivity index (χ1) is 14.6. The van der Waals surface area contributed by atoms with Gasteiger partial charge in [-0.05, 0) is 38.4 Å². The van der Waals surface area contributed by atoms with E-state index in [1.54, 1.807) is 6.33 Å². The number of aryl methyl sites for hydroxylation is 1. The zero-order chi connectivity index (χ0) is 21.1. The van der Waals surface area contributed by atoms with E-state index in [1.165, 1.54) is 0 Å². The van der Waals surface area contributed by atoms with E-state index in [-0.39, 0.29) is 5.28 Å². The number of hydrogen-bond donors (Lipinski definition) is 0. The number of benzene rings is 1. The lowest BCUT2D eigenvalue weighted by Crippen LogP contribution is -2.47. The van der Waals surface area contributed by atoms with Gasteiger partial charge in [0.1, 0.15) is 18.0 Å². The molecule has 4 rings (SSSR count). The van der Waals surface area contributed by atoms with E-state index in [0.29, 0.717) is 24.7 Å². The number of fused-ring (bicyclic) bond motifs is 1. The van der Waals surface area contributed by atoms with Crippen molar-refractivity contribution in [3.63, 3.8) is 0 Å². The number of hydrogen-bond acceptors (Lipinski definition) is 8. The van der Waals surface area contributed by atoms with Crippen molar-refractivity contribution in [2.45, 2.75) is 20.8 Å². The molecule has 9 heteroatoms. The standard InChI is InChI=1S/C21H25ClN6O2/c1-4-29-17-11-15-16(12-18(17)30-5-2)23-13-24-20(15)28-8-6-27(7-9-28)19-10-14(3)25-21(22)26-19/h10-13H,4-9H2,1-3H3. The first-order valence-corrected chi connectivity index (χ1v) is 10.5. The lowest BCUT2D eigenvalue weighted by atomic mass is 10.2. The minimum absolute atomic E-state index is 0.280. The second kappa shape index (κ2) is 8.87. The average molecular weight is 429 g/mol. The monoisotopic (exact) mass is 428 g/mol. The maximum Gasteiger partial charge on any atom is 0.224 e. The van der Waals surface area contributed by atoms with Gasteiger partial charge < -0.3 is 19.3 Å². The van der Waals surface area contributed by atoms with Crippen molar-refractivity contribution < 1.29 is 9.47 Å². The largest absolute Gasteiger partial charge is 0.490 e. The van der Waals surface area contributed by atoms with Gasteiger partial charge in [0.15, 0.2) is 11.5 Å². The molecule has 0 atom stereocenters. The van der Waals surface area contributed by atoms with Crippen LogP contribution in [0.3, 0.4) is 0 Å². The molecule has 0 amide bonds. The number of ether oxygens (including phenoxy) is 2. The molecule has 0 spiro atoms. The summed E-state index contributed by atoms with van der Waals surface area (Å²) in [6.07, 6.45) is 1.60. The van der Waals surface area contributed by atoms with Crippen molar-refractivity contribution in [3.05, 3.63) is 35.5 Å². The van der Waals surface area contributed by atoms with Gasteiger partial charge in [-0.25, -0.2) is 19.9 Å². The Morgan fingerprint density at radius 1 is 0.900 bits per heavy atom. The third kappa shape index (κ3) is 4.18. The van der Waals surface area contributed by atoms with Gasteiger partial charge in [0.05, 0.1) is 18.7 Å². The summed E-state index contributed by atoms with van der Waals surface area (Å²) in [6.45, 7) is 10.2. The van der Waals surface area contributed by atoms with Crippen LogP contribution in [0.4, 0.5) is 11.6 Å². The van der Waals surface area contributed by atoms with Crippen LogP contribution in [0.15, 0.2) is 24.5 Å². The molecule has 0 unspecified atom stereocenters. The molecule has 0 bridgehead atoms. The number of piperazine rings is 1. The highest BCUT2D eigenvalue weighted by Crippen LogP contribution is 2.35. The van der Waals surface area contributed by atoms with E-state index in [9.17, 15) is 0 Å². The fourth-order valence-corrected chi connectivity index (χ4v) is 3.88. The smallest absolute Gasteiger partial charge is 0.224 e. The van der Waals surface area contributed by atoms with Gasteiger partial charge in [-0.1, -0.05) is 0 Å². The molecule has 3 heterocycles. The van der Waals surface area contributed by atoms with E-state index in [0.717, 1.165) is 54.4 Å². The summed E-state index contributed by atoms with van der Waals surface area (Å²) in [6, 6.07) is 5.88. The van der Waals surface area contributed by atoms with Crippen LogP contribution < -0.4 is 19.3 Å². The molecule has 30 heavy (non-hydrogen) atoms. The van der Waals surface area contributed by atoms with Crippen LogP contribution in [0.1, 0.15) is 19.5 Å². The second-order valence-corrected chi connectivity index (χ2v) is 7.33. The van der Waals surface area contributed by atoms with Crippen LogP contribution in [0.25, 0.3) is 10.9 Å². The first kappa shape index (κ1) is 20.4. The molecule has 0 radical (unpaired) electrons. The SMILES string of the molecule is CCOc1cc2ncnc(N3CCN(c4cc(C)nc(Cl)n4)CC3)c2cc1OCC. The van der Waals surface area contributed by atoms with E-state index in [2.05, 4.69) is 29.7 Å². The fourth-order valence-electron chi connectivity index (χ4n) is 3.66. The lowest BCUT2D eigenvalue weighted by Gasteiger charge is -2.36. The van der Waals surface area contributed by atoms with Crippen LogP contribution in [0.5, 0.6) is 11.5 Å². The third-order valence-electron chi connectivity index (χ3n) is 5.00. The average Bonchev–Trinajstić information content (AvgIpc) is 2.73. The highest BCUT2D eigenvalue weighted by Gasteiger charge is 2.22. The summed E-state index contributed by atoms with van der Waals surface area (Å²) in [5, 5.41) is 1.24. The first-order valence-electron chi connectivity index (χ1n) is 10.1. The van der Waals surface area contributed by atoms with Gasteiger partial charge in [0.25, 0.3) is 0 Å². The fraction of sp³-hybridized carbons (Fsp3) is 0.429. The Morgan fingerprint density at radius 2 is 1.57 bits per heavy atom.